The van der Waals surface area contributed by atoms with Crippen molar-refractivity contribution in [2.45, 2.75) is 20.8 Å². The van der Waals surface area contributed by atoms with Crippen molar-refractivity contribution in [3.63, 3.8) is 0 Å². The highest BCUT2D eigenvalue weighted by atomic mass is 15.1. The van der Waals surface area contributed by atoms with Crippen molar-refractivity contribution in [3.05, 3.63) is 35.2 Å². The van der Waals surface area contributed by atoms with Crippen molar-refractivity contribution < 1.29 is 0 Å². The van der Waals surface area contributed by atoms with Crippen LogP contribution in [0.5, 0.6) is 0 Å². The quantitative estimate of drug-likeness (QED) is 0.610. The molecular formula is C11H12N2. The van der Waals surface area contributed by atoms with Crippen LogP contribution in [0.15, 0.2) is 18.5 Å². The molecule has 1 aromatic heterocycles. The fraction of sp³-hybridized carbons (Fsp3) is 0.273. The zero-order valence-corrected chi connectivity index (χ0v) is 8.13. The number of rotatable bonds is 0. The van der Waals surface area contributed by atoms with Crippen LogP contribution < -0.4 is 0 Å². The molecule has 0 aliphatic heterocycles. The SMILES string of the molecule is Cc1cc2cnncc2c(C)c1C. The van der Waals surface area contributed by atoms with E-state index in [4.69, 9.17) is 0 Å². The Hall–Kier alpha value is -1.44. The smallest absolute Gasteiger partial charge is 0.0577 e. The van der Waals surface area contributed by atoms with Gasteiger partial charge in [0.05, 0.1) is 12.4 Å². The van der Waals surface area contributed by atoms with Crippen LogP contribution in [-0.4, -0.2) is 10.2 Å². The third kappa shape index (κ3) is 1.18. The average Bonchev–Trinajstić information content (AvgIpc) is 2.15. The summed E-state index contributed by atoms with van der Waals surface area (Å²) >= 11 is 0. The summed E-state index contributed by atoms with van der Waals surface area (Å²) < 4.78 is 0. The number of aryl methyl sites for hydroxylation is 2. The Morgan fingerprint density at radius 3 is 2.38 bits per heavy atom. The van der Waals surface area contributed by atoms with E-state index in [9.17, 15) is 0 Å². The monoisotopic (exact) mass is 172 g/mol. The predicted octanol–water partition coefficient (Wildman–Crippen LogP) is 2.56. The van der Waals surface area contributed by atoms with Gasteiger partial charge in [-0.1, -0.05) is 0 Å². The Balaban J connectivity index is 2.94. The maximum Gasteiger partial charge on any atom is 0.0577 e. The molecule has 0 bridgehead atoms. The van der Waals surface area contributed by atoms with E-state index in [1.54, 1.807) is 0 Å². The molecule has 0 saturated heterocycles. The van der Waals surface area contributed by atoms with Crippen LogP contribution in [0.25, 0.3) is 10.8 Å². The van der Waals surface area contributed by atoms with Crippen molar-refractivity contribution in [2.75, 3.05) is 0 Å². The van der Waals surface area contributed by atoms with Crippen LogP contribution in [0.4, 0.5) is 0 Å². The van der Waals surface area contributed by atoms with Crippen LogP contribution in [0.2, 0.25) is 0 Å². The molecule has 0 N–H and O–H groups in total. The lowest BCUT2D eigenvalue weighted by Gasteiger charge is -2.07. The largest absolute Gasteiger partial charge is 0.158 e. The fourth-order valence-corrected chi connectivity index (χ4v) is 1.60. The number of fused-ring (bicyclic) bond motifs is 1. The summed E-state index contributed by atoms with van der Waals surface area (Å²) in [5.74, 6) is 0. The standard InChI is InChI=1S/C11H12N2/c1-7-4-10-5-12-13-6-11(10)9(3)8(7)2/h4-6H,1-3H3. The van der Waals surface area contributed by atoms with Gasteiger partial charge in [0.1, 0.15) is 0 Å². The Bertz CT molecular complexity index is 461. The van der Waals surface area contributed by atoms with Crippen molar-refractivity contribution in [1.29, 1.82) is 0 Å². The Morgan fingerprint density at radius 1 is 0.923 bits per heavy atom. The second-order valence-electron chi connectivity index (χ2n) is 3.44. The predicted molar refractivity (Wildman–Crippen MR) is 53.7 cm³/mol. The van der Waals surface area contributed by atoms with Gasteiger partial charge in [-0.25, -0.2) is 0 Å². The minimum Gasteiger partial charge on any atom is -0.158 e. The summed E-state index contributed by atoms with van der Waals surface area (Å²) in [5, 5.41) is 10.2. The lowest BCUT2D eigenvalue weighted by atomic mass is 9.99. The van der Waals surface area contributed by atoms with Crippen LogP contribution in [-0.2, 0) is 0 Å². The van der Waals surface area contributed by atoms with Crippen LogP contribution in [0.3, 0.4) is 0 Å². The summed E-state index contributed by atoms with van der Waals surface area (Å²) in [7, 11) is 0. The molecule has 0 unspecified atom stereocenters. The molecule has 0 fully saturated rings. The molecule has 2 aromatic rings. The summed E-state index contributed by atoms with van der Waals surface area (Å²) in [4.78, 5) is 0. The van der Waals surface area contributed by atoms with Crippen LogP contribution in [0.1, 0.15) is 16.7 Å². The van der Waals surface area contributed by atoms with E-state index in [1.807, 2.05) is 12.4 Å². The third-order valence-corrected chi connectivity index (χ3v) is 2.69. The summed E-state index contributed by atoms with van der Waals surface area (Å²) in [6.07, 6.45) is 3.64. The number of hydrogen-bond acceptors (Lipinski definition) is 2. The Kier molecular flexibility index (Phi) is 1.76. The molecule has 0 spiro atoms. The molecule has 0 aliphatic rings. The zero-order valence-electron chi connectivity index (χ0n) is 8.13. The van der Waals surface area contributed by atoms with Gasteiger partial charge in [-0.2, -0.15) is 10.2 Å². The van der Waals surface area contributed by atoms with E-state index in [1.165, 1.54) is 27.5 Å². The number of benzene rings is 1. The lowest BCUT2D eigenvalue weighted by Crippen LogP contribution is -1.90. The molecule has 0 atom stereocenters. The van der Waals surface area contributed by atoms with Gasteiger partial charge in [0, 0.05) is 10.8 Å². The molecule has 13 heavy (non-hydrogen) atoms. The first-order valence-electron chi connectivity index (χ1n) is 4.37. The lowest BCUT2D eigenvalue weighted by molar-refractivity contribution is 1.05. The molecule has 0 amide bonds. The first-order chi connectivity index (χ1) is 6.20. The number of nitrogens with zero attached hydrogens (tertiary/aromatic N) is 2. The molecule has 1 heterocycles. The summed E-state index contributed by atoms with van der Waals surface area (Å²) in [6.45, 7) is 6.40. The highest BCUT2D eigenvalue weighted by Gasteiger charge is 2.03. The molecule has 2 rings (SSSR count). The minimum absolute atomic E-state index is 1.18. The van der Waals surface area contributed by atoms with E-state index in [2.05, 4.69) is 37.0 Å². The minimum atomic E-state index is 1.18. The Morgan fingerprint density at radius 2 is 1.62 bits per heavy atom. The first kappa shape index (κ1) is 8.17. The van der Waals surface area contributed by atoms with Gasteiger partial charge in [0.2, 0.25) is 0 Å². The van der Waals surface area contributed by atoms with Gasteiger partial charge in [0.15, 0.2) is 0 Å². The average molecular weight is 172 g/mol. The molecule has 0 saturated carbocycles. The van der Waals surface area contributed by atoms with Gasteiger partial charge in [-0.3, -0.25) is 0 Å². The maximum absolute atomic E-state index is 3.89. The van der Waals surface area contributed by atoms with Gasteiger partial charge < -0.3 is 0 Å². The first-order valence-corrected chi connectivity index (χ1v) is 4.37. The van der Waals surface area contributed by atoms with Crippen molar-refractivity contribution >= 4 is 10.8 Å². The van der Waals surface area contributed by atoms with Crippen LogP contribution in [0, 0.1) is 20.8 Å². The van der Waals surface area contributed by atoms with Crippen molar-refractivity contribution in [1.82, 2.24) is 10.2 Å². The fourth-order valence-electron chi connectivity index (χ4n) is 1.60. The van der Waals surface area contributed by atoms with E-state index in [0.717, 1.165) is 0 Å². The molecule has 1 aromatic carbocycles. The van der Waals surface area contributed by atoms with Gasteiger partial charge >= 0.3 is 0 Å². The summed E-state index contributed by atoms with van der Waals surface area (Å²) in [5.41, 5.74) is 3.98. The van der Waals surface area contributed by atoms with E-state index in [0.29, 0.717) is 0 Å². The van der Waals surface area contributed by atoms with E-state index in [-0.39, 0.29) is 0 Å². The molecule has 2 nitrogen and oxygen atoms in total. The molecule has 66 valence electrons. The summed E-state index contributed by atoms with van der Waals surface area (Å²) in [6, 6.07) is 2.16. The van der Waals surface area contributed by atoms with Crippen molar-refractivity contribution in [3.8, 4) is 0 Å². The topological polar surface area (TPSA) is 25.8 Å². The normalized spacial score (nSPS) is 10.7. The Labute approximate surface area is 77.6 Å². The highest BCUT2D eigenvalue weighted by Crippen LogP contribution is 2.22. The second kappa shape index (κ2) is 2.80. The van der Waals surface area contributed by atoms with Gasteiger partial charge in [0.25, 0.3) is 0 Å². The van der Waals surface area contributed by atoms with Gasteiger partial charge in [-0.15, -0.1) is 0 Å². The van der Waals surface area contributed by atoms with E-state index < -0.39 is 0 Å². The molecule has 0 aliphatic carbocycles. The zero-order chi connectivity index (χ0) is 9.42. The third-order valence-electron chi connectivity index (χ3n) is 2.69. The number of hydrogen-bond donors (Lipinski definition) is 0. The highest BCUT2D eigenvalue weighted by molar-refractivity contribution is 5.85. The molecule has 2 heteroatoms. The number of aromatic nitrogens is 2. The molecule has 0 radical (unpaired) electrons. The van der Waals surface area contributed by atoms with Crippen LogP contribution >= 0.6 is 0 Å². The second-order valence-corrected chi connectivity index (χ2v) is 3.44. The van der Waals surface area contributed by atoms with Crippen molar-refractivity contribution in [2.24, 2.45) is 0 Å². The van der Waals surface area contributed by atoms with E-state index >= 15 is 0 Å². The van der Waals surface area contributed by atoms with Gasteiger partial charge in [-0.05, 0) is 43.5 Å². The maximum atomic E-state index is 3.89. The molecular weight excluding hydrogens is 160 g/mol.